The molecule has 0 spiro atoms. The van der Waals surface area contributed by atoms with Crippen molar-refractivity contribution < 1.29 is 14.2 Å². The third-order valence-corrected chi connectivity index (χ3v) is 2.47. The summed E-state index contributed by atoms with van der Waals surface area (Å²) >= 11 is 0. The molecule has 0 amide bonds. The molecule has 2 heterocycles. The number of hydrogen-bond donors (Lipinski definition) is 2. The van der Waals surface area contributed by atoms with Crippen molar-refractivity contribution in [3.05, 3.63) is 34.7 Å². The van der Waals surface area contributed by atoms with Crippen LogP contribution in [-0.4, -0.2) is 27.9 Å². The number of nitrogen functional groups attached to an aromatic ring is 1. The first-order valence-electron chi connectivity index (χ1n) is 5.06. The van der Waals surface area contributed by atoms with E-state index in [9.17, 15) is 9.18 Å². The quantitative estimate of drug-likeness (QED) is 0.691. The number of ether oxygens (including phenoxy) is 1. The number of anilines is 1. The van der Waals surface area contributed by atoms with Gasteiger partial charge in [0.15, 0.2) is 17.9 Å². The summed E-state index contributed by atoms with van der Waals surface area (Å²) in [6.45, 7) is 0.225. The maximum Gasteiger partial charge on any atom is 0.352 e. The van der Waals surface area contributed by atoms with Crippen LogP contribution in [0.5, 0.6) is 0 Å². The van der Waals surface area contributed by atoms with Gasteiger partial charge in [0.2, 0.25) is 0 Å². The molecule has 3 N–H and O–H groups in total. The van der Waals surface area contributed by atoms with Crippen LogP contribution in [-0.2, 0) is 4.74 Å². The summed E-state index contributed by atoms with van der Waals surface area (Å²) in [5, 5.41) is 8.89. The van der Waals surface area contributed by atoms with Gasteiger partial charge in [-0.1, -0.05) is 6.08 Å². The number of aromatic nitrogens is 2. The normalized spacial score (nSPS) is 23.9. The molecule has 1 aromatic heterocycles. The zero-order valence-corrected chi connectivity index (χ0v) is 8.91. The van der Waals surface area contributed by atoms with Crippen LogP contribution in [0.4, 0.5) is 10.2 Å². The van der Waals surface area contributed by atoms with Gasteiger partial charge in [0.05, 0.1) is 19.4 Å². The molecule has 0 aliphatic carbocycles. The second-order valence-corrected chi connectivity index (χ2v) is 3.72. The molecule has 0 radical (unpaired) electrons. The van der Waals surface area contributed by atoms with E-state index in [1.54, 1.807) is 12.2 Å². The average Bonchev–Trinajstić information content (AvgIpc) is 2.34. The van der Waals surface area contributed by atoms with Crippen molar-refractivity contribution in [2.24, 2.45) is 5.92 Å². The topological polar surface area (TPSA) is 90.4 Å². The average molecular weight is 241 g/mol. The van der Waals surface area contributed by atoms with Crippen molar-refractivity contribution >= 4 is 5.82 Å². The van der Waals surface area contributed by atoms with Gasteiger partial charge in [-0.05, 0) is 6.08 Å². The van der Waals surface area contributed by atoms with E-state index in [4.69, 9.17) is 15.6 Å². The Kier molecular flexibility index (Phi) is 3.21. The Labute approximate surface area is 96.1 Å². The van der Waals surface area contributed by atoms with Gasteiger partial charge in [-0.2, -0.15) is 4.98 Å². The number of hydrogen-bond acceptors (Lipinski definition) is 5. The molecule has 92 valence electrons. The Balaban J connectivity index is 2.30. The number of rotatable bonds is 2. The van der Waals surface area contributed by atoms with Gasteiger partial charge in [-0.15, -0.1) is 0 Å². The van der Waals surface area contributed by atoms with Crippen LogP contribution in [0, 0.1) is 11.7 Å². The van der Waals surface area contributed by atoms with Crippen LogP contribution >= 0.6 is 0 Å². The number of aliphatic hydroxyl groups is 1. The van der Waals surface area contributed by atoms with E-state index in [1.165, 1.54) is 0 Å². The zero-order valence-electron chi connectivity index (χ0n) is 8.91. The van der Waals surface area contributed by atoms with E-state index in [-0.39, 0.29) is 19.1 Å². The van der Waals surface area contributed by atoms with Gasteiger partial charge in [0, 0.05) is 5.92 Å². The molecular weight excluding hydrogens is 229 g/mol. The molecule has 0 fully saturated rings. The van der Waals surface area contributed by atoms with Crippen molar-refractivity contribution in [2.75, 3.05) is 18.9 Å². The first-order chi connectivity index (χ1) is 8.11. The van der Waals surface area contributed by atoms with Crippen molar-refractivity contribution in [2.45, 2.75) is 6.23 Å². The fraction of sp³-hybridized carbons (Fsp3) is 0.400. The van der Waals surface area contributed by atoms with Gasteiger partial charge in [0.1, 0.15) is 0 Å². The minimum atomic E-state index is -0.772. The lowest BCUT2D eigenvalue weighted by molar-refractivity contribution is -0.00185. The predicted molar refractivity (Wildman–Crippen MR) is 57.6 cm³/mol. The highest BCUT2D eigenvalue weighted by Gasteiger charge is 2.19. The summed E-state index contributed by atoms with van der Waals surface area (Å²) in [6.07, 6.45) is 3.53. The van der Waals surface area contributed by atoms with Crippen molar-refractivity contribution in [1.29, 1.82) is 0 Å². The van der Waals surface area contributed by atoms with Crippen LogP contribution in [0.2, 0.25) is 0 Å². The van der Waals surface area contributed by atoms with E-state index in [1.807, 2.05) is 0 Å². The first kappa shape index (κ1) is 11.7. The van der Waals surface area contributed by atoms with Gasteiger partial charge >= 0.3 is 5.69 Å². The molecule has 2 rings (SSSR count). The van der Waals surface area contributed by atoms with Crippen molar-refractivity contribution in [3.8, 4) is 0 Å². The van der Waals surface area contributed by atoms with Crippen molar-refractivity contribution in [1.82, 2.24) is 9.55 Å². The van der Waals surface area contributed by atoms with E-state index in [0.717, 1.165) is 10.8 Å². The summed E-state index contributed by atoms with van der Waals surface area (Å²) in [5.41, 5.74) is 4.49. The molecule has 2 atom stereocenters. The third kappa shape index (κ3) is 2.34. The number of aliphatic hydroxyl groups excluding tert-OH is 1. The predicted octanol–water partition coefficient (Wildman–Crippen LogP) is -0.342. The zero-order chi connectivity index (χ0) is 12.4. The molecule has 1 aromatic rings. The maximum absolute atomic E-state index is 13.2. The van der Waals surface area contributed by atoms with Crippen LogP contribution in [0.25, 0.3) is 0 Å². The SMILES string of the molecule is Nc1nc(=O)n(C2C=CC(CO)CO2)cc1F. The Morgan fingerprint density at radius 3 is 3.00 bits per heavy atom. The molecule has 0 aromatic carbocycles. The fourth-order valence-corrected chi connectivity index (χ4v) is 1.51. The molecule has 0 bridgehead atoms. The number of halogens is 1. The molecule has 2 unspecified atom stereocenters. The van der Waals surface area contributed by atoms with E-state index < -0.39 is 23.6 Å². The molecule has 6 nitrogen and oxygen atoms in total. The van der Waals surface area contributed by atoms with E-state index in [0.29, 0.717) is 0 Å². The molecule has 1 aliphatic rings. The van der Waals surface area contributed by atoms with Gasteiger partial charge in [0.25, 0.3) is 0 Å². The second-order valence-electron chi connectivity index (χ2n) is 3.72. The van der Waals surface area contributed by atoms with E-state index >= 15 is 0 Å². The Morgan fingerprint density at radius 1 is 1.65 bits per heavy atom. The van der Waals surface area contributed by atoms with Crippen LogP contribution in [0.15, 0.2) is 23.1 Å². The Hall–Kier alpha value is -1.73. The highest BCUT2D eigenvalue weighted by atomic mass is 19.1. The van der Waals surface area contributed by atoms with Crippen molar-refractivity contribution in [3.63, 3.8) is 0 Å². The standard InChI is InChI=1S/C10H12FN3O3/c11-7-3-14(10(16)13-9(7)12)8-2-1-6(4-15)5-17-8/h1-3,6,8,15H,4-5H2,(H2,12,13,16). The number of nitrogens with two attached hydrogens (primary N) is 1. The largest absolute Gasteiger partial charge is 0.396 e. The Morgan fingerprint density at radius 2 is 2.41 bits per heavy atom. The summed E-state index contributed by atoms with van der Waals surface area (Å²) in [7, 11) is 0. The summed E-state index contributed by atoms with van der Waals surface area (Å²) < 4.78 is 19.5. The molecule has 17 heavy (non-hydrogen) atoms. The fourth-order valence-electron chi connectivity index (χ4n) is 1.51. The lowest BCUT2D eigenvalue weighted by atomic mass is 10.1. The monoisotopic (exact) mass is 241 g/mol. The molecule has 1 aliphatic heterocycles. The van der Waals surface area contributed by atoms with Gasteiger partial charge < -0.3 is 15.6 Å². The molecule has 0 saturated carbocycles. The summed E-state index contributed by atoms with van der Waals surface area (Å²) in [5.74, 6) is -1.31. The van der Waals surface area contributed by atoms with Gasteiger partial charge in [-0.3, -0.25) is 4.57 Å². The Bertz CT molecular complexity index is 500. The highest BCUT2D eigenvalue weighted by Crippen LogP contribution is 2.18. The van der Waals surface area contributed by atoms with Crippen LogP contribution in [0.3, 0.4) is 0 Å². The first-order valence-corrected chi connectivity index (χ1v) is 5.06. The van der Waals surface area contributed by atoms with Crippen LogP contribution < -0.4 is 11.4 Å². The third-order valence-electron chi connectivity index (χ3n) is 2.47. The lowest BCUT2D eigenvalue weighted by Crippen LogP contribution is -2.31. The molecule has 7 heteroatoms. The minimum Gasteiger partial charge on any atom is -0.396 e. The smallest absolute Gasteiger partial charge is 0.352 e. The molecular formula is C10H12FN3O3. The summed E-state index contributed by atoms with van der Waals surface area (Å²) in [6, 6.07) is 0. The maximum atomic E-state index is 13.2. The second kappa shape index (κ2) is 4.64. The van der Waals surface area contributed by atoms with Crippen LogP contribution in [0.1, 0.15) is 6.23 Å². The highest BCUT2D eigenvalue weighted by molar-refractivity contribution is 5.26. The summed E-state index contributed by atoms with van der Waals surface area (Å²) in [4.78, 5) is 14.8. The lowest BCUT2D eigenvalue weighted by Gasteiger charge is -2.23. The molecule has 0 saturated heterocycles. The minimum absolute atomic E-state index is 0.0353. The van der Waals surface area contributed by atoms with Gasteiger partial charge in [-0.25, -0.2) is 9.18 Å². The number of nitrogens with zero attached hydrogens (tertiary/aromatic N) is 2. The van der Waals surface area contributed by atoms with E-state index in [2.05, 4.69) is 4.98 Å².